The van der Waals surface area contributed by atoms with Crippen LogP contribution in [-0.4, -0.2) is 13.0 Å². The third-order valence-electron chi connectivity index (χ3n) is 2.90. The van der Waals surface area contributed by atoms with E-state index in [1.807, 2.05) is 0 Å². The van der Waals surface area contributed by atoms with Crippen LogP contribution in [0, 0.1) is 18.6 Å². The molecule has 0 bridgehead atoms. The van der Waals surface area contributed by atoms with Crippen molar-refractivity contribution < 1.29 is 18.3 Å². The topological polar surface area (TPSA) is 38.3 Å². The van der Waals surface area contributed by atoms with Crippen molar-refractivity contribution in [2.45, 2.75) is 6.92 Å². The number of nitrogens with one attached hydrogen (secondary N) is 1. The van der Waals surface area contributed by atoms with E-state index in [4.69, 9.17) is 16.3 Å². The minimum Gasteiger partial charge on any atom is -0.495 e. The van der Waals surface area contributed by atoms with Gasteiger partial charge in [0.2, 0.25) is 0 Å². The molecule has 6 heteroatoms. The average molecular weight is 312 g/mol. The van der Waals surface area contributed by atoms with Crippen molar-refractivity contribution >= 4 is 23.2 Å². The molecule has 1 amide bonds. The molecule has 0 aromatic heterocycles. The van der Waals surface area contributed by atoms with Gasteiger partial charge in [0.1, 0.15) is 17.4 Å². The van der Waals surface area contributed by atoms with Crippen LogP contribution in [0.3, 0.4) is 0 Å². The van der Waals surface area contributed by atoms with E-state index in [-0.39, 0.29) is 5.56 Å². The Bertz CT molecular complexity index is 704. The van der Waals surface area contributed by atoms with Crippen molar-refractivity contribution in [2.24, 2.45) is 0 Å². The molecule has 0 aliphatic heterocycles. The summed E-state index contributed by atoms with van der Waals surface area (Å²) < 4.78 is 31.5. The summed E-state index contributed by atoms with van der Waals surface area (Å²) in [6, 6.07) is 5.91. The largest absolute Gasteiger partial charge is 0.495 e. The number of rotatable bonds is 3. The van der Waals surface area contributed by atoms with Gasteiger partial charge in [0, 0.05) is 17.2 Å². The number of benzene rings is 2. The number of anilines is 1. The summed E-state index contributed by atoms with van der Waals surface area (Å²) in [7, 11) is 1.43. The molecule has 0 radical (unpaired) electrons. The molecule has 0 spiro atoms. The molecular weight excluding hydrogens is 300 g/mol. The van der Waals surface area contributed by atoms with Gasteiger partial charge in [-0.15, -0.1) is 0 Å². The SMILES string of the molecule is COc1cc(Cl)c(C)cc1NC(=O)c1ccc(F)cc1F. The van der Waals surface area contributed by atoms with E-state index in [2.05, 4.69) is 5.32 Å². The van der Waals surface area contributed by atoms with E-state index in [9.17, 15) is 13.6 Å². The number of amides is 1. The van der Waals surface area contributed by atoms with Crippen LogP contribution < -0.4 is 10.1 Å². The lowest BCUT2D eigenvalue weighted by Gasteiger charge is -2.12. The number of hydrogen-bond acceptors (Lipinski definition) is 2. The first-order chi connectivity index (χ1) is 9.92. The first-order valence-electron chi connectivity index (χ1n) is 6.03. The molecule has 0 aliphatic carbocycles. The fraction of sp³-hybridized carbons (Fsp3) is 0.133. The quantitative estimate of drug-likeness (QED) is 0.923. The third-order valence-corrected chi connectivity index (χ3v) is 3.31. The molecule has 2 aromatic rings. The predicted molar refractivity (Wildman–Crippen MR) is 77.1 cm³/mol. The van der Waals surface area contributed by atoms with Crippen molar-refractivity contribution in [1.82, 2.24) is 0 Å². The van der Waals surface area contributed by atoms with Gasteiger partial charge in [-0.2, -0.15) is 0 Å². The van der Waals surface area contributed by atoms with Crippen LogP contribution in [0.1, 0.15) is 15.9 Å². The average Bonchev–Trinajstić information content (AvgIpc) is 2.42. The zero-order valence-corrected chi connectivity index (χ0v) is 12.1. The Kier molecular flexibility index (Phi) is 4.43. The Balaban J connectivity index is 2.33. The molecular formula is C15H12ClF2NO2. The minimum atomic E-state index is -0.933. The molecule has 0 unspecified atom stereocenters. The first kappa shape index (κ1) is 15.3. The second-order valence-corrected chi connectivity index (χ2v) is 4.79. The molecule has 0 saturated carbocycles. The van der Waals surface area contributed by atoms with E-state index >= 15 is 0 Å². The Morgan fingerprint density at radius 1 is 1.24 bits per heavy atom. The maximum atomic E-state index is 13.6. The van der Waals surface area contributed by atoms with Gasteiger partial charge in [-0.25, -0.2) is 8.78 Å². The maximum absolute atomic E-state index is 13.6. The van der Waals surface area contributed by atoms with Crippen molar-refractivity contribution in [3.05, 3.63) is 58.1 Å². The molecule has 2 rings (SSSR count). The summed E-state index contributed by atoms with van der Waals surface area (Å²) in [4.78, 5) is 12.0. The molecule has 0 aliphatic rings. The Morgan fingerprint density at radius 2 is 1.95 bits per heavy atom. The van der Waals surface area contributed by atoms with Gasteiger partial charge in [0.15, 0.2) is 0 Å². The van der Waals surface area contributed by atoms with Gasteiger partial charge in [-0.1, -0.05) is 11.6 Å². The summed E-state index contributed by atoms with van der Waals surface area (Å²) in [5.74, 6) is -2.03. The van der Waals surface area contributed by atoms with E-state index in [1.165, 1.54) is 7.11 Å². The van der Waals surface area contributed by atoms with Gasteiger partial charge < -0.3 is 10.1 Å². The van der Waals surface area contributed by atoms with E-state index in [0.29, 0.717) is 22.5 Å². The molecule has 0 atom stereocenters. The zero-order chi connectivity index (χ0) is 15.6. The Hall–Kier alpha value is -2.14. The van der Waals surface area contributed by atoms with Gasteiger partial charge in [0.25, 0.3) is 5.91 Å². The summed E-state index contributed by atoms with van der Waals surface area (Å²) in [6.45, 7) is 1.76. The monoisotopic (exact) mass is 311 g/mol. The standard InChI is InChI=1S/C15H12ClF2NO2/c1-8-5-13(14(21-2)7-11(8)16)19-15(20)10-4-3-9(17)6-12(10)18/h3-7H,1-2H3,(H,19,20). The van der Waals surface area contributed by atoms with Crippen LogP contribution in [0.5, 0.6) is 5.75 Å². The molecule has 1 N–H and O–H groups in total. The van der Waals surface area contributed by atoms with E-state index in [0.717, 1.165) is 17.7 Å². The Morgan fingerprint density at radius 3 is 2.57 bits per heavy atom. The summed E-state index contributed by atoms with van der Waals surface area (Å²) in [5.41, 5.74) is 0.825. The van der Waals surface area contributed by atoms with Gasteiger partial charge >= 0.3 is 0 Å². The highest BCUT2D eigenvalue weighted by Crippen LogP contribution is 2.31. The number of ether oxygens (including phenoxy) is 1. The van der Waals surface area contributed by atoms with Crippen LogP contribution >= 0.6 is 11.6 Å². The zero-order valence-electron chi connectivity index (χ0n) is 11.3. The minimum absolute atomic E-state index is 0.258. The van der Waals surface area contributed by atoms with Crippen LogP contribution in [-0.2, 0) is 0 Å². The predicted octanol–water partition coefficient (Wildman–Crippen LogP) is 4.19. The second kappa shape index (κ2) is 6.10. The van der Waals surface area contributed by atoms with Crippen molar-refractivity contribution in [3.8, 4) is 5.75 Å². The highest BCUT2D eigenvalue weighted by Gasteiger charge is 2.15. The van der Waals surface area contributed by atoms with Crippen molar-refractivity contribution in [3.63, 3.8) is 0 Å². The van der Waals surface area contributed by atoms with Crippen LogP contribution in [0.4, 0.5) is 14.5 Å². The number of aryl methyl sites for hydroxylation is 1. The fourth-order valence-corrected chi connectivity index (χ4v) is 1.95. The Labute approximate surface area is 125 Å². The van der Waals surface area contributed by atoms with Gasteiger partial charge in [0.05, 0.1) is 18.4 Å². The fourth-order valence-electron chi connectivity index (χ4n) is 1.79. The molecule has 3 nitrogen and oxygen atoms in total. The smallest absolute Gasteiger partial charge is 0.258 e. The molecule has 0 fully saturated rings. The number of halogens is 3. The lowest BCUT2D eigenvalue weighted by Crippen LogP contribution is -2.14. The van der Waals surface area contributed by atoms with Gasteiger partial charge in [-0.05, 0) is 30.7 Å². The highest BCUT2D eigenvalue weighted by atomic mass is 35.5. The summed E-state index contributed by atoms with van der Waals surface area (Å²) >= 11 is 5.97. The van der Waals surface area contributed by atoms with Crippen molar-refractivity contribution in [1.29, 1.82) is 0 Å². The number of carbonyl (C=O) groups is 1. The highest BCUT2D eigenvalue weighted by molar-refractivity contribution is 6.31. The number of methoxy groups -OCH3 is 1. The normalized spacial score (nSPS) is 10.3. The van der Waals surface area contributed by atoms with Crippen LogP contribution in [0.25, 0.3) is 0 Å². The molecule has 110 valence electrons. The summed E-state index contributed by atoms with van der Waals surface area (Å²) in [5, 5.41) is 3.01. The molecule has 2 aromatic carbocycles. The third kappa shape index (κ3) is 3.31. The number of carbonyl (C=O) groups excluding carboxylic acids is 1. The number of hydrogen-bond donors (Lipinski definition) is 1. The lowest BCUT2D eigenvalue weighted by atomic mass is 10.1. The van der Waals surface area contributed by atoms with Crippen molar-refractivity contribution in [2.75, 3.05) is 12.4 Å². The molecule has 0 heterocycles. The molecule has 21 heavy (non-hydrogen) atoms. The van der Waals surface area contributed by atoms with Gasteiger partial charge in [-0.3, -0.25) is 4.79 Å². The van der Waals surface area contributed by atoms with E-state index in [1.54, 1.807) is 19.1 Å². The second-order valence-electron chi connectivity index (χ2n) is 4.38. The maximum Gasteiger partial charge on any atom is 0.258 e. The summed E-state index contributed by atoms with van der Waals surface area (Å²) in [6.07, 6.45) is 0. The lowest BCUT2D eigenvalue weighted by molar-refractivity contribution is 0.102. The van der Waals surface area contributed by atoms with Crippen LogP contribution in [0.2, 0.25) is 5.02 Å². The van der Waals surface area contributed by atoms with Crippen LogP contribution in [0.15, 0.2) is 30.3 Å². The van der Waals surface area contributed by atoms with E-state index < -0.39 is 17.5 Å². The molecule has 0 saturated heterocycles. The first-order valence-corrected chi connectivity index (χ1v) is 6.40.